The first-order valence-corrected chi connectivity index (χ1v) is 56.0. The van der Waals surface area contributed by atoms with E-state index in [1.165, 1.54) is 313 Å². The van der Waals surface area contributed by atoms with Crippen LogP contribution in [0.15, 0.2) is 72.8 Å². The van der Waals surface area contributed by atoms with E-state index in [0.29, 0.717) is 23.0 Å². The van der Waals surface area contributed by atoms with E-state index in [2.05, 4.69) is 148 Å². The van der Waals surface area contributed by atoms with Crippen molar-refractivity contribution in [2.75, 3.05) is 13.2 Å². The second-order valence-corrected chi connectivity index (χ2v) is 50.6. The number of hydrogen-bond donors (Lipinski definition) is 0. The molecule has 12 rings (SSSR count). The van der Waals surface area contributed by atoms with Gasteiger partial charge in [0.1, 0.15) is 33.6 Å². The molecular formula is C96H128F2N4O2S8Si2. The number of nitrogens with zero attached hydrogens (tertiary/aromatic N) is 4. The van der Waals surface area contributed by atoms with Gasteiger partial charge in [-0.2, -0.15) is 17.5 Å². The fraction of sp³-hybridized carbons (Fsp3) is 0.542. The van der Waals surface area contributed by atoms with Crippen LogP contribution in [0, 0.1) is 39.3 Å². The minimum Gasteiger partial charge on any atom is -0.493 e. The summed E-state index contributed by atoms with van der Waals surface area (Å²) in [6, 6.07) is 35.1. The largest absolute Gasteiger partial charge is 0.493 e. The van der Waals surface area contributed by atoms with Crippen LogP contribution in [0.2, 0.25) is 36.3 Å². The molecule has 0 spiro atoms. The Balaban J connectivity index is 0.939. The van der Waals surface area contributed by atoms with Gasteiger partial charge in [-0.3, -0.25) is 0 Å². The Morgan fingerprint density at radius 3 is 1.08 bits per heavy atom. The van der Waals surface area contributed by atoms with Gasteiger partial charge in [-0.1, -0.05) is 296 Å². The van der Waals surface area contributed by atoms with Crippen molar-refractivity contribution in [2.24, 2.45) is 0 Å². The van der Waals surface area contributed by atoms with Crippen molar-refractivity contribution in [3.63, 3.8) is 0 Å². The van der Waals surface area contributed by atoms with Crippen LogP contribution in [0.4, 0.5) is 8.78 Å². The number of aryl methyl sites for hydroxylation is 2. The van der Waals surface area contributed by atoms with Crippen LogP contribution in [0.1, 0.15) is 282 Å². The van der Waals surface area contributed by atoms with Crippen molar-refractivity contribution in [3.05, 3.63) is 106 Å². The van der Waals surface area contributed by atoms with Crippen molar-refractivity contribution < 1.29 is 18.3 Å². The number of halogens is 2. The average Bonchev–Trinajstić information content (AvgIpc) is 1.50. The number of rotatable bonds is 51. The minimum absolute atomic E-state index is 0.224. The van der Waals surface area contributed by atoms with Gasteiger partial charge in [0.15, 0.2) is 11.6 Å². The molecule has 0 aliphatic carbocycles. The molecule has 0 radical (unpaired) electrons. The Labute approximate surface area is 716 Å². The van der Waals surface area contributed by atoms with Crippen molar-refractivity contribution in [1.82, 2.24) is 17.5 Å². The molecule has 0 amide bonds. The summed E-state index contributed by atoms with van der Waals surface area (Å²) in [7, 11) is -3.67. The maximum Gasteiger partial charge on any atom is 0.168 e. The molecule has 4 aromatic carbocycles. The third-order valence-corrected chi connectivity index (χ3v) is 45.4. The lowest BCUT2D eigenvalue weighted by atomic mass is 9.96. The highest BCUT2D eigenvalue weighted by molar-refractivity contribution is 7.31. The predicted molar refractivity (Wildman–Crippen MR) is 511 cm³/mol. The van der Waals surface area contributed by atoms with Gasteiger partial charge < -0.3 is 9.47 Å². The minimum atomic E-state index is -1.83. The van der Waals surface area contributed by atoms with Crippen LogP contribution in [-0.2, 0) is 0 Å². The molecule has 8 heterocycles. The Morgan fingerprint density at radius 1 is 0.298 bits per heavy atom. The van der Waals surface area contributed by atoms with Crippen molar-refractivity contribution in [1.29, 1.82) is 0 Å². The summed E-state index contributed by atoms with van der Waals surface area (Å²) in [5, 5.41) is 2.72. The first-order chi connectivity index (χ1) is 55.7. The van der Waals surface area contributed by atoms with Crippen molar-refractivity contribution in [2.45, 2.75) is 325 Å². The van der Waals surface area contributed by atoms with Gasteiger partial charge in [-0.25, -0.2) is 8.78 Å². The quantitative estimate of drug-likeness (QED) is 0.0279. The van der Waals surface area contributed by atoms with Crippen LogP contribution >= 0.6 is 91.5 Å². The third kappa shape index (κ3) is 20.2. The third-order valence-electron chi connectivity index (χ3n) is 24.5. The van der Waals surface area contributed by atoms with E-state index in [-0.39, 0.29) is 11.1 Å². The molecular weight excluding hydrogens is 1590 g/mol. The number of hydrogen-bond acceptors (Lipinski definition) is 14. The molecule has 0 unspecified atom stereocenters. The molecule has 6 nitrogen and oxygen atoms in total. The first-order valence-electron chi connectivity index (χ1n) is 44.4. The Morgan fingerprint density at radius 2 is 0.632 bits per heavy atom. The average molecular weight is 1720 g/mol. The van der Waals surface area contributed by atoms with Crippen LogP contribution in [0.5, 0.6) is 11.5 Å². The monoisotopic (exact) mass is 1720 g/mol. The Kier molecular flexibility index (Phi) is 33.7. The Hall–Kier alpha value is -4.87. The molecule has 0 bridgehead atoms. The van der Waals surface area contributed by atoms with Crippen LogP contribution in [-0.4, -0.2) is 46.9 Å². The molecule has 0 fully saturated rings. The molecule has 0 saturated carbocycles. The fourth-order valence-electron chi connectivity index (χ4n) is 17.9. The lowest BCUT2D eigenvalue weighted by molar-refractivity contribution is 0.301. The number of benzene rings is 4. The molecule has 0 N–H and O–H groups in total. The van der Waals surface area contributed by atoms with E-state index in [1.54, 1.807) is 21.1 Å². The second kappa shape index (κ2) is 43.4. The molecule has 0 aliphatic heterocycles. The lowest BCUT2D eigenvalue weighted by Crippen LogP contribution is -2.45. The van der Waals surface area contributed by atoms with Crippen molar-refractivity contribution in [3.8, 4) is 84.6 Å². The highest BCUT2D eigenvalue weighted by atomic mass is 32.1. The van der Waals surface area contributed by atoms with Crippen LogP contribution in [0.3, 0.4) is 0 Å². The Bertz CT molecular complexity index is 4880. The molecule has 114 heavy (non-hydrogen) atoms. The van der Waals surface area contributed by atoms with E-state index in [1.807, 2.05) is 40.9 Å². The molecule has 18 heteroatoms. The van der Waals surface area contributed by atoms with Gasteiger partial charge in [0.05, 0.1) is 58.4 Å². The van der Waals surface area contributed by atoms with Gasteiger partial charge in [0.2, 0.25) is 0 Å². The fourth-order valence-corrected chi connectivity index (χ4v) is 39.7. The molecule has 614 valence electrons. The molecule has 12 aromatic rings. The van der Waals surface area contributed by atoms with E-state index in [0.717, 1.165) is 102 Å². The zero-order valence-corrected chi connectivity index (χ0v) is 79.4. The number of unbranched alkanes of at least 4 members (excludes halogenated alkanes) is 24. The number of thiophene rings is 6. The SMILES string of the molecule is CCCCCCCCCCCCOc1c(C)c(-c2ccc(-c3ccc(-c4ccc(-c5c(OCCCCCCCCCCCC)c(C)c(-c6cc7c(-c8ccc([Si](CCCC)(CCCC)CCCC)s8)c8sc(C)cc8c(-c8ccc([Si](CCCC)(CCCC)CCCC)s8)c7s6)c6nsnc56)s4)c(F)c3F)s2)c2nsnc2c1C. The smallest absolute Gasteiger partial charge is 0.168 e. The zero-order valence-electron chi connectivity index (χ0n) is 70.8. The number of aromatic nitrogens is 4. The summed E-state index contributed by atoms with van der Waals surface area (Å²) in [4.78, 5) is 8.41. The molecule has 0 atom stereocenters. The topological polar surface area (TPSA) is 70.0 Å². The standard InChI is InChI=1S/C96H128F2N4O2S8Si2/c1-13-21-29-31-33-35-37-39-41-43-55-103-93-66(10)82(90-89(68(93)12)99-111-100-90)75-49-47-73(106-75)69-45-46-70(88(98)87(69)97)74-48-50-78(107-74)86-92-91(101-112-102-92)83(67(11)94(86)104-56-44-42-40-38-36-34-32-30-22-14-2)79-64-72-85(77-52-54-81(109-77)114(60-26-18-6,61-27-19-7)62-28-20-8)95-71(63-65(9)105-95)84(96(72)110-79)76-51-53-80(108-76)113(57-23-15-3,58-24-16-4)59-25-17-5/h45-54,63-64H,13-44,55-62H2,1-12H3. The second-order valence-electron chi connectivity index (χ2n) is 33.0. The normalized spacial score (nSPS) is 12.3. The van der Waals surface area contributed by atoms with E-state index in [4.69, 9.17) is 27.0 Å². The molecule has 0 aliphatic rings. The summed E-state index contributed by atoms with van der Waals surface area (Å²) in [6.45, 7) is 28.8. The van der Waals surface area contributed by atoms with Gasteiger partial charge in [-0.05, 0) is 110 Å². The maximum atomic E-state index is 17.4. The van der Waals surface area contributed by atoms with Gasteiger partial charge in [0, 0.05) is 109 Å². The molecule has 0 saturated heterocycles. The van der Waals surface area contributed by atoms with Gasteiger partial charge in [0.25, 0.3) is 0 Å². The summed E-state index contributed by atoms with van der Waals surface area (Å²) >= 11 is 13.6. The van der Waals surface area contributed by atoms with E-state index < -0.39 is 27.8 Å². The highest BCUT2D eigenvalue weighted by Crippen LogP contribution is 2.57. The van der Waals surface area contributed by atoms with E-state index >= 15 is 8.78 Å². The summed E-state index contributed by atoms with van der Waals surface area (Å²) < 4.78 is 74.9. The predicted octanol–water partition coefficient (Wildman–Crippen LogP) is 34.3. The number of ether oxygens (including phenoxy) is 2. The van der Waals surface area contributed by atoms with Gasteiger partial charge in [-0.15, -0.1) is 68.0 Å². The van der Waals surface area contributed by atoms with E-state index in [9.17, 15) is 0 Å². The van der Waals surface area contributed by atoms with Crippen molar-refractivity contribution >= 4 is 159 Å². The summed E-state index contributed by atoms with van der Waals surface area (Å²) in [5.74, 6) is -0.0935. The number of fused-ring (bicyclic) bond motifs is 4. The zero-order chi connectivity index (χ0) is 80.1. The maximum absolute atomic E-state index is 17.4. The van der Waals surface area contributed by atoms with Crippen LogP contribution < -0.4 is 18.5 Å². The van der Waals surface area contributed by atoms with Gasteiger partial charge >= 0.3 is 0 Å². The van der Waals surface area contributed by atoms with Crippen LogP contribution in [0.25, 0.3) is 115 Å². The summed E-state index contributed by atoms with van der Waals surface area (Å²) in [6.07, 6.45) is 40.2. The highest BCUT2D eigenvalue weighted by Gasteiger charge is 2.38. The first kappa shape index (κ1) is 88.4. The lowest BCUT2D eigenvalue weighted by Gasteiger charge is -2.31. The molecule has 8 aromatic heterocycles. The summed E-state index contributed by atoms with van der Waals surface area (Å²) in [5.41, 5.74) is 12.4.